The maximum atomic E-state index is 12.0. The average molecular weight is 348 g/mol. The molecule has 0 heterocycles. The van der Waals surface area contributed by atoms with Crippen molar-refractivity contribution in [1.29, 1.82) is 5.26 Å². The van der Waals surface area contributed by atoms with E-state index in [1.165, 1.54) is 0 Å². The van der Waals surface area contributed by atoms with Crippen molar-refractivity contribution in [2.75, 3.05) is 11.9 Å². The third-order valence-electron chi connectivity index (χ3n) is 3.32. The number of carbonyl (C=O) groups excluding carboxylic acids is 1. The maximum absolute atomic E-state index is 12.0. The quantitative estimate of drug-likeness (QED) is 0.853. The highest BCUT2D eigenvalue weighted by Gasteiger charge is 2.12. The monoisotopic (exact) mass is 347 g/mol. The zero-order chi connectivity index (χ0) is 16.8. The maximum Gasteiger partial charge on any atom is 0.238 e. The van der Waals surface area contributed by atoms with Crippen molar-refractivity contribution in [2.24, 2.45) is 0 Å². The molecule has 0 fully saturated rings. The van der Waals surface area contributed by atoms with Gasteiger partial charge in [0.25, 0.3) is 0 Å². The number of benzene rings is 2. The second-order valence-electron chi connectivity index (χ2n) is 4.97. The summed E-state index contributed by atoms with van der Waals surface area (Å²) in [4.78, 5) is 12.0. The summed E-state index contributed by atoms with van der Waals surface area (Å²) in [7, 11) is 0. The van der Waals surface area contributed by atoms with Gasteiger partial charge >= 0.3 is 0 Å². The molecule has 0 saturated carbocycles. The van der Waals surface area contributed by atoms with Gasteiger partial charge in [-0.2, -0.15) is 5.26 Å². The Bertz CT molecular complexity index is 756. The molecule has 1 atom stereocenters. The van der Waals surface area contributed by atoms with E-state index in [1.807, 2.05) is 19.1 Å². The zero-order valence-electron chi connectivity index (χ0n) is 12.4. The predicted molar refractivity (Wildman–Crippen MR) is 92.7 cm³/mol. The summed E-state index contributed by atoms with van der Waals surface area (Å²) in [6.45, 7) is 2.01. The smallest absolute Gasteiger partial charge is 0.238 e. The molecule has 118 valence electrons. The van der Waals surface area contributed by atoms with Gasteiger partial charge in [0.2, 0.25) is 5.91 Å². The molecule has 0 aromatic heterocycles. The Morgan fingerprint density at radius 3 is 2.70 bits per heavy atom. The first-order valence-corrected chi connectivity index (χ1v) is 7.74. The summed E-state index contributed by atoms with van der Waals surface area (Å²) >= 11 is 12.0. The van der Waals surface area contributed by atoms with Gasteiger partial charge in [-0.05, 0) is 36.8 Å². The molecule has 2 aromatic rings. The van der Waals surface area contributed by atoms with Gasteiger partial charge in [-0.15, -0.1) is 0 Å². The minimum absolute atomic E-state index is 0.0971. The van der Waals surface area contributed by atoms with E-state index in [4.69, 9.17) is 28.5 Å². The van der Waals surface area contributed by atoms with Gasteiger partial charge in [0.15, 0.2) is 0 Å². The van der Waals surface area contributed by atoms with E-state index < -0.39 is 0 Å². The van der Waals surface area contributed by atoms with Crippen molar-refractivity contribution in [2.45, 2.75) is 13.0 Å². The highest BCUT2D eigenvalue weighted by atomic mass is 35.5. The van der Waals surface area contributed by atoms with E-state index in [-0.39, 0.29) is 18.5 Å². The van der Waals surface area contributed by atoms with Gasteiger partial charge in [-0.1, -0.05) is 41.4 Å². The lowest BCUT2D eigenvalue weighted by atomic mass is 10.1. The number of anilines is 1. The number of nitrogens with zero attached hydrogens (tertiary/aromatic N) is 1. The molecule has 2 rings (SSSR count). The Morgan fingerprint density at radius 1 is 1.26 bits per heavy atom. The molecule has 0 radical (unpaired) electrons. The first-order valence-electron chi connectivity index (χ1n) is 6.98. The number of rotatable bonds is 5. The lowest BCUT2D eigenvalue weighted by Gasteiger charge is -2.16. The van der Waals surface area contributed by atoms with Crippen molar-refractivity contribution in [1.82, 2.24) is 5.32 Å². The van der Waals surface area contributed by atoms with Crippen LogP contribution in [0, 0.1) is 11.3 Å². The number of hydrogen-bond donors (Lipinski definition) is 2. The number of nitrogens with one attached hydrogen (secondary N) is 2. The number of hydrogen-bond acceptors (Lipinski definition) is 3. The molecule has 0 unspecified atom stereocenters. The van der Waals surface area contributed by atoms with Gasteiger partial charge < -0.3 is 10.6 Å². The third kappa shape index (κ3) is 4.70. The molecular weight excluding hydrogens is 333 g/mol. The van der Waals surface area contributed by atoms with Crippen LogP contribution in [-0.4, -0.2) is 12.5 Å². The second-order valence-corrected chi connectivity index (χ2v) is 5.82. The third-order valence-corrected chi connectivity index (χ3v) is 3.88. The molecule has 2 N–H and O–H groups in total. The predicted octanol–water partition coefficient (Wildman–Crippen LogP) is 4.15. The van der Waals surface area contributed by atoms with Crippen molar-refractivity contribution in [3.8, 4) is 6.07 Å². The summed E-state index contributed by atoms with van der Waals surface area (Å²) in [5.41, 5.74) is 1.79. The lowest BCUT2D eigenvalue weighted by Crippen LogP contribution is -2.30. The minimum Gasteiger partial charge on any atom is -0.324 e. The Balaban J connectivity index is 1.95. The molecule has 6 heteroatoms. The molecule has 0 saturated heterocycles. The molecule has 2 aromatic carbocycles. The summed E-state index contributed by atoms with van der Waals surface area (Å²) in [5.74, 6) is -0.232. The van der Waals surface area contributed by atoms with Crippen LogP contribution in [-0.2, 0) is 4.79 Å². The summed E-state index contributed by atoms with van der Waals surface area (Å²) in [6, 6.07) is 14.0. The fourth-order valence-corrected chi connectivity index (χ4v) is 2.66. The highest BCUT2D eigenvalue weighted by molar-refractivity contribution is 6.35. The molecule has 0 aliphatic heterocycles. The summed E-state index contributed by atoms with van der Waals surface area (Å²) in [6.07, 6.45) is 0. The number of nitriles is 1. The lowest BCUT2D eigenvalue weighted by molar-refractivity contribution is -0.115. The number of carbonyl (C=O) groups is 1. The molecule has 0 spiro atoms. The van der Waals surface area contributed by atoms with E-state index in [2.05, 4.69) is 10.6 Å². The molecule has 23 heavy (non-hydrogen) atoms. The fraction of sp³-hybridized carbons (Fsp3) is 0.176. The fourth-order valence-electron chi connectivity index (χ4n) is 2.09. The van der Waals surface area contributed by atoms with Crippen LogP contribution in [0.25, 0.3) is 0 Å². The molecule has 4 nitrogen and oxygen atoms in total. The topological polar surface area (TPSA) is 64.9 Å². The van der Waals surface area contributed by atoms with Crippen LogP contribution in [0.4, 0.5) is 5.69 Å². The summed E-state index contributed by atoms with van der Waals surface area (Å²) < 4.78 is 0. The molecular formula is C17H15Cl2N3O. The van der Waals surface area contributed by atoms with Crippen LogP contribution in [0.15, 0.2) is 42.5 Å². The molecule has 0 aliphatic rings. The highest BCUT2D eigenvalue weighted by Crippen LogP contribution is 2.25. The van der Waals surface area contributed by atoms with Crippen LogP contribution < -0.4 is 10.6 Å². The Kier molecular flexibility index (Phi) is 6.00. The van der Waals surface area contributed by atoms with E-state index in [0.29, 0.717) is 21.3 Å². The average Bonchev–Trinajstić information content (AvgIpc) is 2.53. The van der Waals surface area contributed by atoms with Crippen LogP contribution in [0.3, 0.4) is 0 Å². The van der Waals surface area contributed by atoms with Crippen LogP contribution in [0.1, 0.15) is 24.1 Å². The number of halogens is 2. The van der Waals surface area contributed by atoms with Crippen molar-refractivity contribution in [3.05, 3.63) is 63.6 Å². The van der Waals surface area contributed by atoms with Crippen LogP contribution >= 0.6 is 23.2 Å². The molecule has 1 amide bonds. The zero-order valence-corrected chi connectivity index (χ0v) is 13.9. The first-order chi connectivity index (χ1) is 11.0. The number of amides is 1. The Labute approximate surface area is 145 Å². The van der Waals surface area contributed by atoms with Crippen molar-refractivity contribution < 1.29 is 4.79 Å². The minimum atomic E-state index is -0.232. The van der Waals surface area contributed by atoms with Crippen molar-refractivity contribution >= 4 is 34.8 Å². The van der Waals surface area contributed by atoms with E-state index in [9.17, 15) is 4.79 Å². The van der Waals surface area contributed by atoms with Gasteiger partial charge in [0.05, 0.1) is 17.8 Å². The normalized spacial score (nSPS) is 11.6. The van der Waals surface area contributed by atoms with E-state index >= 15 is 0 Å². The Morgan fingerprint density at radius 2 is 2.00 bits per heavy atom. The van der Waals surface area contributed by atoms with Gasteiger partial charge in [0.1, 0.15) is 6.07 Å². The van der Waals surface area contributed by atoms with E-state index in [1.54, 1.807) is 36.4 Å². The van der Waals surface area contributed by atoms with Crippen LogP contribution in [0.2, 0.25) is 10.0 Å². The van der Waals surface area contributed by atoms with Crippen molar-refractivity contribution in [3.63, 3.8) is 0 Å². The first kappa shape index (κ1) is 17.3. The van der Waals surface area contributed by atoms with Crippen LogP contribution in [0.5, 0.6) is 0 Å². The standard InChI is InChI=1S/C17H15Cl2N3O/c1-11(14-7-6-13(18)8-15(14)19)21-10-17(23)22-16-5-3-2-4-12(16)9-20/h2-8,11,21H,10H2,1H3,(H,22,23)/t11-/m1/s1. The second kappa shape index (κ2) is 7.98. The molecule has 0 aliphatic carbocycles. The molecule has 0 bridgehead atoms. The summed E-state index contributed by atoms with van der Waals surface area (Å²) in [5, 5.41) is 15.9. The van der Waals surface area contributed by atoms with Gasteiger partial charge in [-0.25, -0.2) is 0 Å². The van der Waals surface area contributed by atoms with Gasteiger partial charge in [-0.3, -0.25) is 4.79 Å². The Hall–Kier alpha value is -2.06. The number of para-hydroxylation sites is 1. The van der Waals surface area contributed by atoms with E-state index in [0.717, 1.165) is 5.56 Å². The van der Waals surface area contributed by atoms with Gasteiger partial charge in [0, 0.05) is 16.1 Å². The SMILES string of the molecule is C[C@@H](NCC(=O)Nc1ccccc1C#N)c1ccc(Cl)cc1Cl. The largest absolute Gasteiger partial charge is 0.324 e.